The van der Waals surface area contributed by atoms with Gasteiger partial charge in [-0.3, -0.25) is 0 Å². The van der Waals surface area contributed by atoms with Crippen LogP contribution in [0.5, 0.6) is 0 Å². The van der Waals surface area contributed by atoms with Crippen molar-refractivity contribution in [2.75, 3.05) is 7.05 Å². The molecule has 1 fully saturated rings. The van der Waals surface area contributed by atoms with Gasteiger partial charge >= 0.3 is 0 Å². The summed E-state index contributed by atoms with van der Waals surface area (Å²) in [6.45, 7) is 2.17. The highest BCUT2D eigenvalue weighted by atomic mass is 14.9. The van der Waals surface area contributed by atoms with E-state index < -0.39 is 0 Å². The summed E-state index contributed by atoms with van der Waals surface area (Å²) in [4.78, 5) is 0. The zero-order chi connectivity index (χ0) is 10.7. The number of benzene rings is 1. The SMILES string of the molecule is CNC1(Cc2cccc(C)c2)CCCC1. The third-order valence-electron chi connectivity index (χ3n) is 3.72. The molecule has 0 aliphatic heterocycles. The molecule has 0 amide bonds. The molecule has 0 heterocycles. The maximum Gasteiger partial charge on any atom is 0.0218 e. The van der Waals surface area contributed by atoms with Crippen LogP contribution in [-0.2, 0) is 6.42 Å². The van der Waals surface area contributed by atoms with E-state index in [0.717, 1.165) is 0 Å². The van der Waals surface area contributed by atoms with Gasteiger partial charge in [-0.05, 0) is 38.8 Å². The van der Waals surface area contributed by atoms with Gasteiger partial charge in [0.05, 0.1) is 0 Å². The highest BCUT2D eigenvalue weighted by molar-refractivity contribution is 5.24. The number of rotatable bonds is 3. The van der Waals surface area contributed by atoms with Crippen molar-refractivity contribution in [3.8, 4) is 0 Å². The molecular formula is C14H21N. The predicted octanol–water partition coefficient (Wildman–Crippen LogP) is 3.07. The van der Waals surface area contributed by atoms with Crippen molar-refractivity contribution in [1.29, 1.82) is 0 Å². The molecule has 0 atom stereocenters. The van der Waals surface area contributed by atoms with E-state index >= 15 is 0 Å². The molecule has 1 aliphatic carbocycles. The zero-order valence-electron chi connectivity index (χ0n) is 9.84. The minimum absolute atomic E-state index is 0.383. The minimum atomic E-state index is 0.383. The molecule has 0 unspecified atom stereocenters. The fraction of sp³-hybridized carbons (Fsp3) is 0.571. The fourth-order valence-electron chi connectivity index (χ4n) is 2.78. The van der Waals surface area contributed by atoms with Crippen molar-refractivity contribution in [2.45, 2.75) is 44.6 Å². The molecule has 1 heteroatoms. The van der Waals surface area contributed by atoms with Gasteiger partial charge in [0.1, 0.15) is 0 Å². The van der Waals surface area contributed by atoms with E-state index in [4.69, 9.17) is 0 Å². The molecule has 0 radical (unpaired) electrons. The lowest BCUT2D eigenvalue weighted by Gasteiger charge is -2.28. The number of nitrogens with one attached hydrogen (secondary N) is 1. The van der Waals surface area contributed by atoms with Crippen molar-refractivity contribution in [3.05, 3.63) is 35.4 Å². The number of likely N-dealkylation sites (N-methyl/N-ethyl adjacent to an activating group) is 1. The Balaban J connectivity index is 2.12. The Kier molecular flexibility index (Phi) is 3.11. The van der Waals surface area contributed by atoms with Crippen LogP contribution in [0, 0.1) is 6.92 Å². The van der Waals surface area contributed by atoms with E-state index in [1.807, 2.05) is 0 Å². The second kappa shape index (κ2) is 4.36. The van der Waals surface area contributed by atoms with Gasteiger partial charge < -0.3 is 5.32 Å². The van der Waals surface area contributed by atoms with Gasteiger partial charge in [-0.25, -0.2) is 0 Å². The molecule has 1 nitrogen and oxygen atoms in total. The van der Waals surface area contributed by atoms with E-state index in [1.54, 1.807) is 0 Å². The fourth-order valence-corrected chi connectivity index (χ4v) is 2.78. The van der Waals surface area contributed by atoms with Crippen molar-refractivity contribution < 1.29 is 0 Å². The second-order valence-electron chi connectivity index (χ2n) is 4.90. The molecule has 2 rings (SSSR count). The van der Waals surface area contributed by atoms with Crippen molar-refractivity contribution in [2.24, 2.45) is 0 Å². The Hall–Kier alpha value is -0.820. The van der Waals surface area contributed by atoms with Crippen LogP contribution in [0.1, 0.15) is 36.8 Å². The molecule has 1 saturated carbocycles. The quantitative estimate of drug-likeness (QED) is 0.796. The molecule has 0 spiro atoms. The summed E-state index contributed by atoms with van der Waals surface area (Å²) in [5.74, 6) is 0. The molecule has 1 aliphatic rings. The van der Waals surface area contributed by atoms with Gasteiger partial charge in [-0.2, -0.15) is 0 Å². The highest BCUT2D eigenvalue weighted by Gasteiger charge is 2.31. The highest BCUT2D eigenvalue weighted by Crippen LogP contribution is 2.32. The van der Waals surface area contributed by atoms with Gasteiger partial charge in [0.25, 0.3) is 0 Å². The predicted molar refractivity (Wildman–Crippen MR) is 65.1 cm³/mol. The summed E-state index contributed by atoms with van der Waals surface area (Å²) in [6, 6.07) is 8.91. The van der Waals surface area contributed by atoms with Crippen LogP contribution in [0.2, 0.25) is 0 Å². The molecule has 15 heavy (non-hydrogen) atoms. The summed E-state index contributed by atoms with van der Waals surface area (Å²) in [7, 11) is 2.11. The maximum atomic E-state index is 3.55. The first-order valence-electron chi connectivity index (χ1n) is 5.99. The number of aryl methyl sites for hydroxylation is 1. The first-order chi connectivity index (χ1) is 7.24. The number of hydrogen-bond donors (Lipinski definition) is 1. The Morgan fingerprint density at radius 1 is 1.27 bits per heavy atom. The van der Waals surface area contributed by atoms with E-state index in [0.29, 0.717) is 5.54 Å². The van der Waals surface area contributed by atoms with Crippen LogP contribution in [0.4, 0.5) is 0 Å². The summed E-state index contributed by atoms with van der Waals surface area (Å²) < 4.78 is 0. The van der Waals surface area contributed by atoms with E-state index in [2.05, 4.69) is 43.6 Å². The lowest BCUT2D eigenvalue weighted by atomic mass is 9.89. The van der Waals surface area contributed by atoms with Crippen LogP contribution in [0.25, 0.3) is 0 Å². The topological polar surface area (TPSA) is 12.0 Å². The van der Waals surface area contributed by atoms with Crippen LogP contribution < -0.4 is 5.32 Å². The molecule has 0 aromatic heterocycles. The number of hydrogen-bond acceptors (Lipinski definition) is 1. The van der Waals surface area contributed by atoms with Crippen LogP contribution >= 0.6 is 0 Å². The molecule has 0 bridgehead atoms. The van der Waals surface area contributed by atoms with Crippen molar-refractivity contribution in [1.82, 2.24) is 5.32 Å². The van der Waals surface area contributed by atoms with E-state index in [1.165, 1.54) is 43.2 Å². The smallest absolute Gasteiger partial charge is 0.0218 e. The third-order valence-corrected chi connectivity index (χ3v) is 3.72. The molecular weight excluding hydrogens is 182 g/mol. The molecule has 82 valence electrons. The van der Waals surface area contributed by atoms with Crippen molar-refractivity contribution >= 4 is 0 Å². The lowest BCUT2D eigenvalue weighted by Crippen LogP contribution is -2.42. The Labute approximate surface area is 92.9 Å². The first kappa shape index (κ1) is 10.7. The van der Waals surface area contributed by atoms with Gasteiger partial charge in [0, 0.05) is 5.54 Å². The monoisotopic (exact) mass is 203 g/mol. The molecule has 1 aromatic carbocycles. The standard InChI is InChI=1S/C14H21N/c1-12-6-5-7-13(10-12)11-14(15-2)8-3-4-9-14/h5-7,10,15H,3-4,8-9,11H2,1-2H3. The van der Waals surface area contributed by atoms with E-state index in [-0.39, 0.29) is 0 Å². The summed E-state index contributed by atoms with van der Waals surface area (Å²) in [5, 5.41) is 3.55. The molecule has 0 saturated heterocycles. The van der Waals surface area contributed by atoms with Gasteiger partial charge in [0.2, 0.25) is 0 Å². The van der Waals surface area contributed by atoms with Crippen LogP contribution in [0.3, 0.4) is 0 Å². The molecule has 1 aromatic rings. The zero-order valence-corrected chi connectivity index (χ0v) is 9.84. The summed E-state index contributed by atoms with van der Waals surface area (Å²) in [6.07, 6.45) is 6.61. The normalized spacial score (nSPS) is 19.3. The van der Waals surface area contributed by atoms with E-state index in [9.17, 15) is 0 Å². The first-order valence-corrected chi connectivity index (χ1v) is 5.99. The van der Waals surface area contributed by atoms with Gasteiger partial charge in [-0.15, -0.1) is 0 Å². The van der Waals surface area contributed by atoms with Crippen LogP contribution in [-0.4, -0.2) is 12.6 Å². The second-order valence-corrected chi connectivity index (χ2v) is 4.90. The third kappa shape index (κ3) is 2.40. The Morgan fingerprint density at radius 2 is 2.00 bits per heavy atom. The molecule has 1 N–H and O–H groups in total. The van der Waals surface area contributed by atoms with Crippen molar-refractivity contribution in [3.63, 3.8) is 0 Å². The average Bonchev–Trinajstić information content (AvgIpc) is 2.67. The van der Waals surface area contributed by atoms with Gasteiger partial charge in [-0.1, -0.05) is 42.7 Å². The summed E-state index contributed by atoms with van der Waals surface area (Å²) >= 11 is 0. The lowest BCUT2D eigenvalue weighted by molar-refractivity contribution is 0.357. The van der Waals surface area contributed by atoms with Crippen LogP contribution in [0.15, 0.2) is 24.3 Å². The Bertz CT molecular complexity index is 324. The largest absolute Gasteiger partial charge is 0.314 e. The maximum absolute atomic E-state index is 3.55. The minimum Gasteiger partial charge on any atom is -0.314 e. The summed E-state index contributed by atoms with van der Waals surface area (Å²) in [5.41, 5.74) is 3.23. The van der Waals surface area contributed by atoms with Gasteiger partial charge in [0.15, 0.2) is 0 Å². The average molecular weight is 203 g/mol. The Morgan fingerprint density at radius 3 is 2.60 bits per heavy atom.